The normalized spacial score (nSPS) is 13.9. The Hall–Kier alpha value is -0.610. The van der Waals surface area contributed by atoms with Crippen molar-refractivity contribution in [3.63, 3.8) is 0 Å². The van der Waals surface area contributed by atoms with Gasteiger partial charge in [0, 0.05) is 10.7 Å². The van der Waals surface area contributed by atoms with Crippen LogP contribution in [0.15, 0.2) is 24.3 Å². The van der Waals surface area contributed by atoms with Gasteiger partial charge in [-0.15, -0.1) is 0 Å². The van der Waals surface area contributed by atoms with E-state index in [2.05, 4.69) is 0 Å². The molecule has 1 atom stereocenters. The van der Waals surface area contributed by atoms with Crippen LogP contribution in [0.1, 0.15) is 18.4 Å². The molecule has 0 bridgehead atoms. The predicted octanol–water partition coefficient (Wildman–Crippen LogP) is 2.50. The van der Waals surface area contributed by atoms with Gasteiger partial charge in [0.15, 0.2) is 0 Å². The molecule has 1 aromatic rings. The molecule has 5 heteroatoms. The second-order valence-corrected chi connectivity index (χ2v) is 5.95. The average molecular weight is 237 g/mol. The van der Waals surface area contributed by atoms with Crippen molar-refractivity contribution in [1.82, 2.24) is 0 Å². The van der Waals surface area contributed by atoms with Crippen LogP contribution >= 0.6 is 10.7 Å². The first-order valence-corrected chi connectivity index (χ1v) is 6.55. The van der Waals surface area contributed by atoms with Crippen molar-refractivity contribution in [3.05, 3.63) is 35.6 Å². The van der Waals surface area contributed by atoms with E-state index in [-0.39, 0.29) is 5.75 Å². The van der Waals surface area contributed by atoms with E-state index in [1.165, 1.54) is 6.07 Å². The highest BCUT2D eigenvalue weighted by molar-refractivity contribution is 8.13. The summed E-state index contributed by atoms with van der Waals surface area (Å²) < 4.78 is 34.7. The molecule has 0 heterocycles. The third-order valence-corrected chi connectivity index (χ3v) is 3.16. The van der Waals surface area contributed by atoms with Crippen LogP contribution < -0.4 is 0 Å². The van der Waals surface area contributed by atoms with Crippen molar-refractivity contribution in [2.45, 2.75) is 12.8 Å². The molecule has 0 aliphatic rings. The lowest BCUT2D eigenvalue weighted by Gasteiger charge is -2.09. The Morgan fingerprint density at radius 1 is 1.43 bits per heavy atom. The summed E-state index contributed by atoms with van der Waals surface area (Å²) in [4.78, 5) is 0. The van der Waals surface area contributed by atoms with Gasteiger partial charge in [-0.05, 0) is 17.5 Å². The lowest BCUT2D eigenvalue weighted by molar-refractivity contribution is 0.587. The average Bonchev–Trinajstić information content (AvgIpc) is 2.01. The highest BCUT2D eigenvalue weighted by Gasteiger charge is 2.16. The van der Waals surface area contributed by atoms with Crippen LogP contribution in [0, 0.1) is 5.82 Å². The molecule has 1 aromatic carbocycles. The van der Waals surface area contributed by atoms with E-state index in [4.69, 9.17) is 10.7 Å². The molecule has 78 valence electrons. The van der Waals surface area contributed by atoms with Crippen molar-refractivity contribution in [2.24, 2.45) is 0 Å². The van der Waals surface area contributed by atoms with E-state index in [1.54, 1.807) is 25.1 Å². The van der Waals surface area contributed by atoms with Crippen molar-refractivity contribution in [3.8, 4) is 0 Å². The third kappa shape index (κ3) is 3.27. The van der Waals surface area contributed by atoms with Gasteiger partial charge in [0.1, 0.15) is 5.82 Å². The zero-order valence-corrected chi connectivity index (χ0v) is 9.15. The maximum absolute atomic E-state index is 13.2. The van der Waals surface area contributed by atoms with Crippen molar-refractivity contribution >= 4 is 19.7 Å². The van der Waals surface area contributed by atoms with Gasteiger partial charge in [-0.2, -0.15) is 0 Å². The van der Waals surface area contributed by atoms with E-state index in [0.717, 1.165) is 0 Å². The Balaban J connectivity index is 2.90. The Bertz CT molecular complexity index is 417. The first kappa shape index (κ1) is 11.5. The van der Waals surface area contributed by atoms with E-state index < -0.39 is 20.8 Å². The van der Waals surface area contributed by atoms with Crippen LogP contribution in [0.3, 0.4) is 0 Å². The van der Waals surface area contributed by atoms with Gasteiger partial charge in [0.25, 0.3) is 0 Å². The second-order valence-electron chi connectivity index (χ2n) is 3.13. The van der Waals surface area contributed by atoms with Crippen LogP contribution in [0.5, 0.6) is 0 Å². The Morgan fingerprint density at radius 2 is 2.00 bits per heavy atom. The number of hydrogen-bond acceptors (Lipinski definition) is 2. The fraction of sp³-hybridized carbons (Fsp3) is 0.333. The summed E-state index contributed by atoms with van der Waals surface area (Å²) in [6, 6.07) is 6.07. The number of hydrogen-bond donors (Lipinski definition) is 0. The fourth-order valence-electron chi connectivity index (χ4n) is 1.26. The van der Waals surface area contributed by atoms with Gasteiger partial charge in [0.2, 0.25) is 9.05 Å². The van der Waals surface area contributed by atoms with Gasteiger partial charge in [-0.25, -0.2) is 12.8 Å². The number of halogens is 2. The molecule has 0 saturated heterocycles. The number of rotatable bonds is 3. The molecule has 0 spiro atoms. The first-order valence-electron chi connectivity index (χ1n) is 4.07. The van der Waals surface area contributed by atoms with Crippen molar-refractivity contribution in [2.75, 3.05) is 5.75 Å². The topological polar surface area (TPSA) is 34.1 Å². The Morgan fingerprint density at radius 3 is 2.50 bits per heavy atom. The fourth-order valence-corrected chi connectivity index (χ4v) is 2.61. The van der Waals surface area contributed by atoms with Gasteiger partial charge in [-0.1, -0.05) is 25.1 Å². The van der Waals surface area contributed by atoms with Crippen LogP contribution in [0.2, 0.25) is 0 Å². The maximum Gasteiger partial charge on any atom is 0.233 e. The predicted molar refractivity (Wildman–Crippen MR) is 54.5 cm³/mol. The SMILES string of the molecule is CC(CS(=O)(=O)Cl)c1ccccc1F. The molecule has 0 aliphatic carbocycles. The van der Waals surface area contributed by atoms with Gasteiger partial charge in [0.05, 0.1) is 5.75 Å². The Kier molecular flexibility index (Phi) is 3.50. The summed E-state index contributed by atoms with van der Waals surface area (Å²) in [5.41, 5.74) is 0.372. The lowest BCUT2D eigenvalue weighted by atomic mass is 10.0. The molecule has 1 unspecified atom stereocenters. The Labute approximate surface area is 87.1 Å². The van der Waals surface area contributed by atoms with Crippen LogP contribution in [0.4, 0.5) is 4.39 Å². The highest BCUT2D eigenvalue weighted by atomic mass is 35.7. The molecule has 0 radical (unpaired) electrons. The van der Waals surface area contributed by atoms with Gasteiger partial charge >= 0.3 is 0 Å². The highest BCUT2D eigenvalue weighted by Crippen LogP contribution is 2.21. The summed E-state index contributed by atoms with van der Waals surface area (Å²) in [7, 11) is 1.50. The monoisotopic (exact) mass is 236 g/mol. The van der Waals surface area contributed by atoms with E-state index in [0.29, 0.717) is 5.56 Å². The quantitative estimate of drug-likeness (QED) is 0.756. The molecule has 0 fully saturated rings. The minimum absolute atomic E-state index is 0.254. The summed E-state index contributed by atoms with van der Waals surface area (Å²) in [6.07, 6.45) is 0. The minimum atomic E-state index is -3.58. The summed E-state index contributed by atoms with van der Waals surface area (Å²) in [5.74, 6) is -1.09. The van der Waals surface area contributed by atoms with E-state index >= 15 is 0 Å². The smallest absolute Gasteiger partial charge is 0.212 e. The molecule has 0 aromatic heterocycles. The van der Waals surface area contributed by atoms with Crippen molar-refractivity contribution < 1.29 is 12.8 Å². The minimum Gasteiger partial charge on any atom is -0.212 e. The molecule has 0 amide bonds. The second kappa shape index (κ2) is 4.28. The molecular weight excluding hydrogens is 227 g/mol. The van der Waals surface area contributed by atoms with Gasteiger partial charge < -0.3 is 0 Å². The largest absolute Gasteiger partial charge is 0.233 e. The third-order valence-electron chi connectivity index (χ3n) is 1.89. The number of benzene rings is 1. The molecule has 14 heavy (non-hydrogen) atoms. The van der Waals surface area contributed by atoms with E-state index in [9.17, 15) is 12.8 Å². The summed E-state index contributed by atoms with van der Waals surface area (Å²) in [6.45, 7) is 1.62. The summed E-state index contributed by atoms with van der Waals surface area (Å²) >= 11 is 0. The maximum atomic E-state index is 13.2. The van der Waals surface area contributed by atoms with Crippen LogP contribution in [0.25, 0.3) is 0 Å². The van der Waals surface area contributed by atoms with Gasteiger partial charge in [-0.3, -0.25) is 0 Å². The lowest BCUT2D eigenvalue weighted by Crippen LogP contribution is -2.08. The van der Waals surface area contributed by atoms with Crippen molar-refractivity contribution in [1.29, 1.82) is 0 Å². The zero-order valence-electron chi connectivity index (χ0n) is 7.57. The molecule has 1 rings (SSSR count). The zero-order chi connectivity index (χ0) is 10.8. The molecule has 0 saturated carbocycles. The van der Waals surface area contributed by atoms with E-state index in [1.807, 2.05) is 0 Å². The van der Waals surface area contributed by atoms with Crippen LogP contribution in [-0.2, 0) is 9.05 Å². The molecule has 0 aliphatic heterocycles. The molecular formula is C9H10ClFO2S. The summed E-state index contributed by atoms with van der Waals surface area (Å²) in [5, 5.41) is 0. The molecule has 0 N–H and O–H groups in total. The standard InChI is InChI=1S/C9H10ClFO2S/c1-7(6-14(10,12)13)8-4-2-3-5-9(8)11/h2-5,7H,6H2,1H3. The first-order chi connectivity index (χ1) is 6.40. The van der Waals surface area contributed by atoms with Crippen LogP contribution in [-0.4, -0.2) is 14.2 Å². The molecule has 2 nitrogen and oxygen atoms in total.